The molecule has 1 aliphatic rings. The predicted molar refractivity (Wildman–Crippen MR) is 131 cm³/mol. The molecule has 172 valence electrons. The largest absolute Gasteiger partial charge is 0.497 e. The Labute approximate surface area is 198 Å². The molecule has 32 heavy (non-hydrogen) atoms. The van der Waals surface area contributed by atoms with Crippen LogP contribution in [0.25, 0.3) is 0 Å². The molecule has 1 aliphatic heterocycles. The lowest BCUT2D eigenvalue weighted by atomic mass is 10.2. The summed E-state index contributed by atoms with van der Waals surface area (Å²) in [6.45, 7) is 5.05. The lowest BCUT2D eigenvalue weighted by molar-refractivity contribution is -0.119. The first-order chi connectivity index (χ1) is 15.5. The fraction of sp³-hybridized carbons (Fsp3) is 0.391. The first kappa shape index (κ1) is 24.2. The van der Waals surface area contributed by atoms with Crippen LogP contribution < -0.4 is 20.5 Å². The maximum atomic E-state index is 12.0. The number of thioether (sulfide) groups is 1. The molecule has 2 N–H and O–H groups in total. The third-order valence-electron chi connectivity index (χ3n) is 5.21. The maximum Gasteiger partial charge on any atom is 0.269 e. The number of amides is 2. The molecular weight excluding hydrogens is 448 g/mol. The zero-order chi connectivity index (χ0) is 22.8. The van der Waals surface area contributed by atoms with E-state index in [1.165, 1.54) is 5.69 Å². The van der Waals surface area contributed by atoms with E-state index in [9.17, 15) is 9.59 Å². The quantitative estimate of drug-likeness (QED) is 0.428. The molecule has 0 unspecified atom stereocenters. The van der Waals surface area contributed by atoms with Crippen molar-refractivity contribution in [3.8, 4) is 5.75 Å². The van der Waals surface area contributed by atoms with Crippen LogP contribution in [0, 0.1) is 0 Å². The summed E-state index contributed by atoms with van der Waals surface area (Å²) < 4.78 is 5.06. The van der Waals surface area contributed by atoms with Gasteiger partial charge in [0, 0.05) is 42.5 Å². The Hall–Kier alpha value is -2.42. The number of carbonyl (C=O) groups is 2. The van der Waals surface area contributed by atoms with Gasteiger partial charge in [-0.15, -0.1) is 0 Å². The molecule has 0 aliphatic carbocycles. The van der Waals surface area contributed by atoms with Crippen molar-refractivity contribution >= 4 is 40.9 Å². The summed E-state index contributed by atoms with van der Waals surface area (Å²) in [5, 5.41) is 0.770. The highest BCUT2D eigenvalue weighted by molar-refractivity contribution is 7.99. The van der Waals surface area contributed by atoms with Gasteiger partial charge in [-0.25, -0.2) is 0 Å². The van der Waals surface area contributed by atoms with E-state index in [0.717, 1.165) is 49.9 Å². The highest BCUT2D eigenvalue weighted by Gasteiger charge is 2.17. The van der Waals surface area contributed by atoms with E-state index < -0.39 is 0 Å². The van der Waals surface area contributed by atoms with Crippen LogP contribution in [0.2, 0.25) is 5.02 Å². The minimum atomic E-state index is -0.358. The van der Waals surface area contributed by atoms with Crippen molar-refractivity contribution in [1.82, 2.24) is 15.8 Å². The number of ether oxygens (including phenoxy) is 1. The third-order valence-corrected chi connectivity index (χ3v) is 6.49. The molecule has 0 bridgehead atoms. The Morgan fingerprint density at radius 2 is 1.81 bits per heavy atom. The topological polar surface area (TPSA) is 73.9 Å². The number of hydrogen-bond acceptors (Lipinski definition) is 6. The molecule has 3 rings (SSSR count). The molecule has 0 radical (unpaired) electrons. The smallest absolute Gasteiger partial charge is 0.269 e. The molecule has 0 aromatic heterocycles. The Balaban J connectivity index is 1.24. The van der Waals surface area contributed by atoms with Crippen molar-refractivity contribution in [3.63, 3.8) is 0 Å². The van der Waals surface area contributed by atoms with Crippen molar-refractivity contribution in [3.05, 3.63) is 59.1 Å². The fourth-order valence-electron chi connectivity index (χ4n) is 3.43. The molecule has 2 amide bonds. The van der Waals surface area contributed by atoms with Gasteiger partial charge in [0.05, 0.1) is 12.9 Å². The van der Waals surface area contributed by atoms with Gasteiger partial charge in [-0.05, 0) is 61.2 Å². The van der Waals surface area contributed by atoms with Crippen molar-refractivity contribution in [2.24, 2.45) is 0 Å². The van der Waals surface area contributed by atoms with Crippen molar-refractivity contribution in [2.75, 3.05) is 56.2 Å². The van der Waals surface area contributed by atoms with E-state index in [0.29, 0.717) is 17.1 Å². The lowest BCUT2D eigenvalue weighted by Crippen LogP contribution is -2.46. The fourth-order valence-corrected chi connectivity index (χ4v) is 4.35. The molecule has 9 heteroatoms. The molecule has 1 heterocycles. The number of anilines is 1. The van der Waals surface area contributed by atoms with Crippen LogP contribution in [0.3, 0.4) is 0 Å². The van der Waals surface area contributed by atoms with Crippen LogP contribution in [0.5, 0.6) is 5.75 Å². The first-order valence-electron chi connectivity index (χ1n) is 10.6. The number of halogens is 1. The molecule has 0 atom stereocenters. The van der Waals surface area contributed by atoms with Gasteiger partial charge in [-0.3, -0.25) is 25.3 Å². The Kier molecular flexibility index (Phi) is 9.52. The van der Waals surface area contributed by atoms with Gasteiger partial charge in [0.15, 0.2) is 0 Å². The van der Waals surface area contributed by atoms with Crippen LogP contribution in [0.1, 0.15) is 16.8 Å². The van der Waals surface area contributed by atoms with Gasteiger partial charge < -0.3 is 9.64 Å². The average molecular weight is 477 g/mol. The second-order valence-electron chi connectivity index (χ2n) is 7.45. The van der Waals surface area contributed by atoms with E-state index in [4.69, 9.17) is 16.3 Å². The van der Waals surface area contributed by atoms with Crippen molar-refractivity contribution in [2.45, 2.75) is 6.42 Å². The summed E-state index contributed by atoms with van der Waals surface area (Å²) in [6, 6.07) is 14.7. The third kappa shape index (κ3) is 7.62. The standard InChI is InChI=1S/C23H29ClN4O3S/c1-31-21-8-6-18(7-9-21)23(30)26-25-22(29)17-32-15-3-10-27-11-13-28(14-12-27)20-5-2-4-19(24)16-20/h2,4-9,16H,3,10-15,17H2,1H3,(H,25,29)(H,26,30). The number of piperazine rings is 1. The Bertz CT molecular complexity index is 889. The number of rotatable bonds is 9. The predicted octanol–water partition coefficient (Wildman–Crippen LogP) is 3.06. The first-order valence-corrected chi connectivity index (χ1v) is 12.1. The van der Waals surface area contributed by atoms with E-state index in [1.807, 2.05) is 18.2 Å². The van der Waals surface area contributed by atoms with Gasteiger partial charge in [0.2, 0.25) is 5.91 Å². The van der Waals surface area contributed by atoms with Crippen LogP contribution in [-0.2, 0) is 4.79 Å². The Morgan fingerprint density at radius 3 is 2.50 bits per heavy atom. The van der Waals surface area contributed by atoms with Gasteiger partial charge in [0.1, 0.15) is 5.75 Å². The zero-order valence-corrected chi connectivity index (χ0v) is 19.8. The molecule has 1 saturated heterocycles. The highest BCUT2D eigenvalue weighted by Crippen LogP contribution is 2.21. The maximum absolute atomic E-state index is 12.0. The average Bonchev–Trinajstić information content (AvgIpc) is 2.82. The van der Waals surface area contributed by atoms with Crippen LogP contribution >= 0.6 is 23.4 Å². The van der Waals surface area contributed by atoms with E-state index in [-0.39, 0.29) is 11.8 Å². The highest BCUT2D eigenvalue weighted by atomic mass is 35.5. The molecular formula is C23H29ClN4O3S. The monoisotopic (exact) mass is 476 g/mol. The zero-order valence-electron chi connectivity index (χ0n) is 18.2. The number of hydrogen-bond donors (Lipinski definition) is 2. The number of nitrogens with one attached hydrogen (secondary N) is 2. The molecule has 1 fully saturated rings. The second-order valence-corrected chi connectivity index (χ2v) is 8.99. The molecule has 2 aromatic carbocycles. The number of hydrazine groups is 1. The molecule has 0 saturated carbocycles. The summed E-state index contributed by atoms with van der Waals surface area (Å²) in [7, 11) is 1.57. The van der Waals surface area contributed by atoms with Gasteiger partial charge in [-0.2, -0.15) is 11.8 Å². The van der Waals surface area contributed by atoms with E-state index in [2.05, 4.69) is 26.7 Å². The normalized spacial score (nSPS) is 14.1. The summed E-state index contributed by atoms with van der Waals surface area (Å²) in [4.78, 5) is 28.8. The van der Waals surface area contributed by atoms with Crippen LogP contribution in [-0.4, -0.2) is 68.1 Å². The minimum absolute atomic E-state index is 0.216. The van der Waals surface area contributed by atoms with E-state index >= 15 is 0 Å². The van der Waals surface area contributed by atoms with Crippen LogP contribution in [0.4, 0.5) is 5.69 Å². The molecule has 0 spiro atoms. The number of benzene rings is 2. The summed E-state index contributed by atoms with van der Waals surface area (Å²) >= 11 is 7.66. The minimum Gasteiger partial charge on any atom is -0.497 e. The molecule has 2 aromatic rings. The van der Waals surface area contributed by atoms with Gasteiger partial charge in [-0.1, -0.05) is 17.7 Å². The Morgan fingerprint density at radius 1 is 1.06 bits per heavy atom. The van der Waals surface area contributed by atoms with Crippen molar-refractivity contribution < 1.29 is 14.3 Å². The summed E-state index contributed by atoms with van der Waals surface area (Å²) in [5.74, 6) is 1.31. The van der Waals surface area contributed by atoms with Gasteiger partial charge >= 0.3 is 0 Å². The summed E-state index contributed by atoms with van der Waals surface area (Å²) in [5.41, 5.74) is 6.53. The van der Waals surface area contributed by atoms with Gasteiger partial charge in [0.25, 0.3) is 5.91 Å². The SMILES string of the molecule is COc1ccc(C(=O)NNC(=O)CSCCCN2CCN(c3cccc(Cl)c3)CC2)cc1. The number of methoxy groups -OCH3 is 1. The van der Waals surface area contributed by atoms with E-state index in [1.54, 1.807) is 43.1 Å². The van der Waals surface area contributed by atoms with Crippen LogP contribution in [0.15, 0.2) is 48.5 Å². The second kappa shape index (κ2) is 12.6. The van der Waals surface area contributed by atoms with Crippen molar-refractivity contribution in [1.29, 1.82) is 0 Å². The lowest BCUT2D eigenvalue weighted by Gasteiger charge is -2.36. The number of carbonyl (C=O) groups excluding carboxylic acids is 2. The number of nitrogens with zero attached hydrogens (tertiary/aromatic N) is 2. The summed E-state index contributed by atoms with van der Waals surface area (Å²) in [6.07, 6.45) is 1.02. The molecule has 7 nitrogen and oxygen atoms in total.